The fraction of sp³-hybridized carbons (Fsp3) is 0.333. The highest BCUT2D eigenvalue weighted by Gasteiger charge is 2.47. The van der Waals surface area contributed by atoms with E-state index in [4.69, 9.17) is 4.74 Å². The molecule has 4 rings (SSSR count). The Morgan fingerprint density at radius 1 is 1.22 bits per heavy atom. The fourth-order valence-corrected chi connectivity index (χ4v) is 3.89. The highest BCUT2D eigenvalue weighted by Crippen LogP contribution is 2.46. The molecule has 2 aliphatic rings. The zero-order chi connectivity index (χ0) is 19.0. The Morgan fingerprint density at radius 3 is 2.63 bits per heavy atom. The minimum atomic E-state index is -0.336. The van der Waals surface area contributed by atoms with Gasteiger partial charge in [0.25, 0.3) is 0 Å². The van der Waals surface area contributed by atoms with E-state index in [-0.39, 0.29) is 29.7 Å². The number of halogens is 1. The summed E-state index contributed by atoms with van der Waals surface area (Å²) in [6.07, 6.45) is 2.10. The topological polar surface area (TPSA) is 58.6 Å². The van der Waals surface area contributed by atoms with E-state index in [1.54, 1.807) is 12.0 Å². The summed E-state index contributed by atoms with van der Waals surface area (Å²) in [6, 6.07) is 15.4. The van der Waals surface area contributed by atoms with Crippen molar-refractivity contribution in [2.75, 3.05) is 18.6 Å². The number of nitrogens with zero attached hydrogens (tertiary/aromatic N) is 1. The van der Waals surface area contributed by atoms with Crippen molar-refractivity contribution >= 4 is 33.4 Å². The zero-order valence-corrected chi connectivity index (χ0v) is 16.7. The summed E-state index contributed by atoms with van der Waals surface area (Å²) in [6.45, 7) is 0.397. The van der Waals surface area contributed by atoms with Crippen LogP contribution < -0.4 is 15.0 Å². The maximum atomic E-state index is 12.9. The van der Waals surface area contributed by atoms with Crippen LogP contribution in [0.5, 0.6) is 5.75 Å². The van der Waals surface area contributed by atoms with E-state index in [1.807, 2.05) is 48.5 Å². The van der Waals surface area contributed by atoms with Crippen molar-refractivity contribution < 1.29 is 14.3 Å². The second-order valence-corrected chi connectivity index (χ2v) is 8.10. The van der Waals surface area contributed by atoms with Gasteiger partial charge in [0.2, 0.25) is 11.8 Å². The number of carbonyl (C=O) groups is 2. The molecule has 1 aliphatic heterocycles. The molecular weight excluding hydrogens is 408 g/mol. The van der Waals surface area contributed by atoms with Crippen LogP contribution in [0.4, 0.5) is 5.69 Å². The van der Waals surface area contributed by atoms with Gasteiger partial charge in [-0.15, -0.1) is 0 Å². The van der Waals surface area contributed by atoms with Gasteiger partial charge in [-0.3, -0.25) is 9.59 Å². The summed E-state index contributed by atoms with van der Waals surface area (Å²) in [4.78, 5) is 27.0. The Labute approximate surface area is 166 Å². The number of nitrogens with one attached hydrogen (secondary N) is 1. The first-order valence-electron chi connectivity index (χ1n) is 9.03. The Hall–Kier alpha value is -2.34. The summed E-state index contributed by atoms with van der Waals surface area (Å²) in [7, 11) is 1.60. The number of carbonyl (C=O) groups excluding carboxylic acids is 2. The highest BCUT2D eigenvalue weighted by molar-refractivity contribution is 9.10. The summed E-state index contributed by atoms with van der Waals surface area (Å²) in [5, 5.41) is 3.20. The lowest BCUT2D eigenvalue weighted by molar-refractivity contribution is -0.127. The summed E-state index contributed by atoms with van der Waals surface area (Å²) in [5.74, 6) is 0.281. The number of methoxy groups -OCH3 is 1. The van der Waals surface area contributed by atoms with Gasteiger partial charge in [-0.25, -0.2) is 0 Å². The summed E-state index contributed by atoms with van der Waals surface area (Å²) >= 11 is 3.44. The van der Waals surface area contributed by atoms with Crippen LogP contribution in [0.1, 0.15) is 24.8 Å². The average molecular weight is 429 g/mol. The normalized spacial score (nSPS) is 20.4. The number of hydrogen-bond acceptors (Lipinski definition) is 3. The van der Waals surface area contributed by atoms with Gasteiger partial charge in [0.15, 0.2) is 0 Å². The molecule has 1 saturated carbocycles. The standard InChI is InChI=1S/C21H21BrN2O3/c1-27-18-4-2-3-17(12-18)24-13-14(11-19(24)25)20(26)23-21(9-10-21)15-5-7-16(22)8-6-15/h2-8,12,14H,9-11,13H2,1H3,(H,23,26). The number of hydrogen-bond donors (Lipinski definition) is 1. The molecule has 0 spiro atoms. The lowest BCUT2D eigenvalue weighted by Gasteiger charge is -2.21. The summed E-state index contributed by atoms with van der Waals surface area (Å²) < 4.78 is 6.25. The largest absolute Gasteiger partial charge is 0.497 e. The zero-order valence-electron chi connectivity index (χ0n) is 15.1. The van der Waals surface area contributed by atoms with Crippen molar-refractivity contribution in [3.63, 3.8) is 0 Å². The first kappa shape index (κ1) is 18.0. The quantitative estimate of drug-likeness (QED) is 0.790. The molecule has 0 bridgehead atoms. The van der Waals surface area contributed by atoms with Gasteiger partial charge >= 0.3 is 0 Å². The van der Waals surface area contributed by atoms with E-state index in [0.29, 0.717) is 12.3 Å². The number of anilines is 1. The molecular formula is C21H21BrN2O3. The second kappa shape index (κ2) is 7.00. The molecule has 1 heterocycles. The van der Waals surface area contributed by atoms with Gasteiger partial charge in [-0.1, -0.05) is 34.1 Å². The second-order valence-electron chi connectivity index (χ2n) is 7.19. The van der Waals surface area contributed by atoms with Crippen LogP contribution in [-0.4, -0.2) is 25.5 Å². The van der Waals surface area contributed by atoms with E-state index in [9.17, 15) is 9.59 Å². The molecule has 2 fully saturated rings. The molecule has 27 heavy (non-hydrogen) atoms. The van der Waals surface area contributed by atoms with Gasteiger partial charge in [0, 0.05) is 29.2 Å². The van der Waals surface area contributed by atoms with E-state index >= 15 is 0 Å². The number of benzene rings is 2. The number of ether oxygens (including phenoxy) is 1. The predicted octanol–water partition coefficient (Wildman–Crippen LogP) is 3.62. The highest BCUT2D eigenvalue weighted by atomic mass is 79.9. The Kier molecular flexibility index (Phi) is 4.68. The van der Waals surface area contributed by atoms with Crippen molar-refractivity contribution in [1.82, 2.24) is 5.32 Å². The van der Waals surface area contributed by atoms with Crippen LogP contribution in [0.15, 0.2) is 53.0 Å². The molecule has 1 N–H and O–H groups in total. The Bertz CT molecular complexity index is 877. The molecule has 1 atom stereocenters. The van der Waals surface area contributed by atoms with E-state index < -0.39 is 0 Å². The molecule has 5 nitrogen and oxygen atoms in total. The van der Waals surface area contributed by atoms with Gasteiger partial charge in [0.05, 0.1) is 18.6 Å². The van der Waals surface area contributed by atoms with Crippen LogP contribution in [0.25, 0.3) is 0 Å². The smallest absolute Gasteiger partial charge is 0.227 e. The lowest BCUT2D eigenvalue weighted by Crippen LogP contribution is -2.40. The molecule has 2 aromatic carbocycles. The summed E-state index contributed by atoms with van der Waals surface area (Å²) in [5.41, 5.74) is 1.61. The van der Waals surface area contributed by atoms with Crippen LogP contribution in [0.2, 0.25) is 0 Å². The Balaban J connectivity index is 1.46. The molecule has 0 aromatic heterocycles. The lowest BCUT2D eigenvalue weighted by atomic mass is 10.0. The van der Waals surface area contributed by atoms with Crippen molar-refractivity contribution in [3.8, 4) is 5.75 Å². The minimum Gasteiger partial charge on any atom is -0.497 e. The van der Waals surface area contributed by atoms with E-state index in [2.05, 4.69) is 21.2 Å². The molecule has 2 amide bonds. The van der Waals surface area contributed by atoms with Crippen molar-refractivity contribution in [1.29, 1.82) is 0 Å². The van der Waals surface area contributed by atoms with E-state index in [0.717, 1.165) is 28.6 Å². The number of amides is 2. The van der Waals surface area contributed by atoms with Gasteiger partial charge in [-0.05, 0) is 42.7 Å². The van der Waals surface area contributed by atoms with Crippen molar-refractivity contribution in [3.05, 3.63) is 58.6 Å². The van der Waals surface area contributed by atoms with Gasteiger partial charge in [0.1, 0.15) is 5.75 Å². The minimum absolute atomic E-state index is 0.0307. The molecule has 6 heteroatoms. The first-order chi connectivity index (χ1) is 13.0. The molecule has 0 radical (unpaired) electrons. The molecule has 2 aromatic rings. The van der Waals surface area contributed by atoms with Crippen molar-refractivity contribution in [2.24, 2.45) is 5.92 Å². The average Bonchev–Trinajstić information content (AvgIpc) is 3.35. The number of rotatable bonds is 5. The monoisotopic (exact) mass is 428 g/mol. The maximum Gasteiger partial charge on any atom is 0.227 e. The molecule has 1 unspecified atom stereocenters. The third-order valence-electron chi connectivity index (χ3n) is 5.37. The third kappa shape index (κ3) is 3.58. The third-order valence-corrected chi connectivity index (χ3v) is 5.90. The fourth-order valence-electron chi connectivity index (χ4n) is 3.63. The van der Waals surface area contributed by atoms with E-state index in [1.165, 1.54) is 0 Å². The van der Waals surface area contributed by atoms with Gasteiger partial charge in [-0.2, -0.15) is 0 Å². The maximum absolute atomic E-state index is 12.9. The van der Waals surface area contributed by atoms with Crippen molar-refractivity contribution in [2.45, 2.75) is 24.8 Å². The van der Waals surface area contributed by atoms with Crippen LogP contribution in [-0.2, 0) is 15.1 Å². The van der Waals surface area contributed by atoms with Crippen LogP contribution >= 0.6 is 15.9 Å². The first-order valence-corrected chi connectivity index (χ1v) is 9.82. The van der Waals surface area contributed by atoms with Gasteiger partial charge < -0.3 is 15.0 Å². The molecule has 1 saturated heterocycles. The molecule has 1 aliphatic carbocycles. The predicted molar refractivity (Wildman–Crippen MR) is 107 cm³/mol. The van der Waals surface area contributed by atoms with Crippen LogP contribution in [0, 0.1) is 5.92 Å². The van der Waals surface area contributed by atoms with Crippen LogP contribution in [0.3, 0.4) is 0 Å². The SMILES string of the molecule is COc1cccc(N2CC(C(=O)NC3(c4ccc(Br)cc4)CC3)CC2=O)c1. The Morgan fingerprint density at radius 2 is 1.96 bits per heavy atom. The molecule has 140 valence electrons.